The summed E-state index contributed by atoms with van der Waals surface area (Å²) in [5.74, 6) is -1.76. The van der Waals surface area contributed by atoms with Gasteiger partial charge in [0.2, 0.25) is 6.29 Å². The second-order valence-electron chi connectivity index (χ2n) is 1.70. The predicted molar refractivity (Wildman–Crippen MR) is 31.2 cm³/mol. The molecule has 0 aromatic heterocycles. The van der Waals surface area contributed by atoms with E-state index in [0.717, 1.165) is 18.4 Å². The van der Waals surface area contributed by atoms with Crippen molar-refractivity contribution in [2.75, 3.05) is 0 Å². The van der Waals surface area contributed by atoms with Crippen LogP contribution in [0, 0.1) is 11.6 Å². The van der Waals surface area contributed by atoms with Crippen molar-refractivity contribution >= 4 is 6.29 Å². The maximum atomic E-state index is 12.3. The first-order valence-electron chi connectivity index (χ1n) is 2.58. The summed E-state index contributed by atoms with van der Waals surface area (Å²) in [5, 5.41) is 0. The molecule has 0 fully saturated rings. The molecule has 1 rings (SSSR count). The Kier molecular flexibility index (Phi) is 1.76. The number of hydrogen-bond donors (Lipinski definition) is 0. The maximum Gasteiger partial charge on any atom is 0.239 e. The Hall–Kier alpha value is -1.25. The number of benzene rings is 1. The molecule has 0 atom stereocenters. The van der Waals surface area contributed by atoms with Crippen LogP contribution in [-0.2, 0) is 4.79 Å². The number of hydrogen-bond acceptors (Lipinski definition) is 1. The van der Waals surface area contributed by atoms with Gasteiger partial charge in [-0.05, 0) is 12.1 Å². The van der Waals surface area contributed by atoms with Crippen LogP contribution in [0.15, 0.2) is 18.2 Å². The van der Waals surface area contributed by atoms with Crippen molar-refractivity contribution < 1.29 is 13.6 Å². The first-order chi connectivity index (χ1) is 4.75. The molecule has 1 radical (unpaired) electrons. The summed E-state index contributed by atoms with van der Waals surface area (Å²) in [6.07, 6.45) is 1.16. The van der Waals surface area contributed by atoms with Gasteiger partial charge in [0.05, 0.1) is 5.56 Å². The second kappa shape index (κ2) is 2.56. The Labute approximate surface area is 56.3 Å². The summed E-state index contributed by atoms with van der Waals surface area (Å²) < 4.78 is 24.7. The minimum Gasteiger partial charge on any atom is -0.285 e. The lowest BCUT2D eigenvalue weighted by Gasteiger charge is -1.92. The van der Waals surface area contributed by atoms with Gasteiger partial charge >= 0.3 is 0 Å². The van der Waals surface area contributed by atoms with E-state index in [1.807, 2.05) is 0 Å². The summed E-state index contributed by atoms with van der Waals surface area (Å²) >= 11 is 0. The van der Waals surface area contributed by atoms with Crippen LogP contribution in [0.4, 0.5) is 8.78 Å². The van der Waals surface area contributed by atoms with Gasteiger partial charge in [-0.1, -0.05) is 6.07 Å². The molecule has 0 saturated carbocycles. The normalized spacial score (nSPS) is 9.40. The van der Waals surface area contributed by atoms with Crippen molar-refractivity contribution in [2.24, 2.45) is 0 Å². The highest BCUT2D eigenvalue weighted by Gasteiger charge is 2.05. The van der Waals surface area contributed by atoms with Crippen molar-refractivity contribution in [1.29, 1.82) is 0 Å². The smallest absolute Gasteiger partial charge is 0.239 e. The zero-order chi connectivity index (χ0) is 7.56. The average Bonchev–Trinajstić information content (AvgIpc) is 1.88. The molecule has 0 amide bonds. The quantitative estimate of drug-likeness (QED) is 0.578. The molecule has 0 heterocycles. The molecule has 0 aliphatic rings. The summed E-state index contributed by atoms with van der Waals surface area (Å²) in [4.78, 5) is 9.84. The third kappa shape index (κ3) is 1.03. The Morgan fingerprint density at radius 2 is 1.70 bits per heavy atom. The fourth-order valence-electron chi connectivity index (χ4n) is 0.595. The molecular weight excluding hydrogens is 138 g/mol. The zero-order valence-corrected chi connectivity index (χ0v) is 4.90. The van der Waals surface area contributed by atoms with Gasteiger partial charge in [0.15, 0.2) is 0 Å². The summed E-state index contributed by atoms with van der Waals surface area (Å²) in [6, 6.07) is 3.19. The van der Waals surface area contributed by atoms with Gasteiger partial charge in [-0.25, -0.2) is 8.78 Å². The first kappa shape index (κ1) is 6.86. The average molecular weight is 141 g/mol. The van der Waals surface area contributed by atoms with Crippen LogP contribution in [0.2, 0.25) is 0 Å². The van der Waals surface area contributed by atoms with Crippen LogP contribution in [0.5, 0.6) is 0 Å². The molecule has 0 saturated heterocycles. The molecule has 10 heavy (non-hydrogen) atoms. The lowest BCUT2D eigenvalue weighted by Crippen LogP contribution is -1.91. The van der Waals surface area contributed by atoms with E-state index in [2.05, 4.69) is 0 Å². The van der Waals surface area contributed by atoms with E-state index in [4.69, 9.17) is 0 Å². The van der Waals surface area contributed by atoms with Gasteiger partial charge in [-0.15, -0.1) is 0 Å². The molecule has 0 N–H and O–H groups in total. The van der Waals surface area contributed by atoms with Crippen LogP contribution >= 0.6 is 0 Å². The Morgan fingerprint density at radius 3 is 2.00 bits per heavy atom. The first-order valence-corrected chi connectivity index (χ1v) is 2.58. The zero-order valence-electron chi connectivity index (χ0n) is 4.90. The predicted octanol–water partition coefficient (Wildman–Crippen LogP) is 1.42. The van der Waals surface area contributed by atoms with Gasteiger partial charge in [0.1, 0.15) is 11.6 Å². The topological polar surface area (TPSA) is 17.1 Å². The SMILES string of the molecule is O=[C]c1c(F)cccc1F. The Balaban J connectivity index is 3.30. The van der Waals surface area contributed by atoms with Crippen molar-refractivity contribution in [3.63, 3.8) is 0 Å². The van der Waals surface area contributed by atoms with Crippen LogP contribution in [0.1, 0.15) is 5.56 Å². The van der Waals surface area contributed by atoms with Gasteiger partial charge in [-0.3, -0.25) is 4.79 Å². The molecule has 0 aliphatic carbocycles. The van der Waals surface area contributed by atoms with Crippen molar-refractivity contribution in [3.05, 3.63) is 35.4 Å². The fourth-order valence-corrected chi connectivity index (χ4v) is 0.595. The van der Waals surface area contributed by atoms with Gasteiger partial charge < -0.3 is 0 Å². The minimum absolute atomic E-state index is 0.637. The fraction of sp³-hybridized carbons (Fsp3) is 0. The summed E-state index contributed by atoms with van der Waals surface area (Å²) in [6.45, 7) is 0. The molecule has 0 spiro atoms. The van der Waals surface area contributed by atoms with E-state index in [0.29, 0.717) is 0 Å². The van der Waals surface area contributed by atoms with Crippen molar-refractivity contribution in [2.45, 2.75) is 0 Å². The molecule has 0 bridgehead atoms. The van der Waals surface area contributed by atoms with Crippen LogP contribution < -0.4 is 0 Å². The molecule has 0 unspecified atom stereocenters. The highest BCUT2D eigenvalue weighted by atomic mass is 19.1. The number of carbonyl (C=O) groups excluding carboxylic acids is 1. The molecular formula is C7H3F2O. The molecule has 3 heteroatoms. The molecule has 0 aliphatic heterocycles. The van der Waals surface area contributed by atoms with E-state index in [1.165, 1.54) is 6.07 Å². The van der Waals surface area contributed by atoms with Crippen molar-refractivity contribution in [1.82, 2.24) is 0 Å². The Morgan fingerprint density at radius 1 is 1.20 bits per heavy atom. The highest BCUT2D eigenvalue weighted by molar-refractivity contribution is 5.75. The summed E-state index contributed by atoms with van der Waals surface area (Å²) in [7, 11) is 0. The van der Waals surface area contributed by atoms with E-state index < -0.39 is 17.2 Å². The number of halogens is 2. The second-order valence-corrected chi connectivity index (χ2v) is 1.70. The third-order valence-corrected chi connectivity index (χ3v) is 1.06. The lowest BCUT2D eigenvalue weighted by atomic mass is 10.2. The van der Waals surface area contributed by atoms with E-state index in [9.17, 15) is 13.6 Å². The number of rotatable bonds is 1. The van der Waals surface area contributed by atoms with Crippen LogP contribution in [-0.4, -0.2) is 6.29 Å². The van der Waals surface area contributed by atoms with Crippen LogP contribution in [0.25, 0.3) is 0 Å². The lowest BCUT2D eigenvalue weighted by molar-refractivity contribution is 0.542. The molecule has 1 nitrogen and oxygen atoms in total. The van der Waals surface area contributed by atoms with E-state index >= 15 is 0 Å². The largest absolute Gasteiger partial charge is 0.285 e. The van der Waals surface area contributed by atoms with Crippen LogP contribution in [0.3, 0.4) is 0 Å². The monoisotopic (exact) mass is 141 g/mol. The molecule has 51 valence electrons. The molecule has 1 aromatic carbocycles. The van der Waals surface area contributed by atoms with Gasteiger partial charge in [-0.2, -0.15) is 0 Å². The van der Waals surface area contributed by atoms with Gasteiger partial charge in [0, 0.05) is 0 Å². The standard InChI is InChI=1S/C7H3F2O/c8-6-2-1-3-7(9)5(6)4-10/h1-3H. The highest BCUT2D eigenvalue weighted by Crippen LogP contribution is 2.07. The maximum absolute atomic E-state index is 12.3. The van der Waals surface area contributed by atoms with Crippen molar-refractivity contribution in [3.8, 4) is 0 Å². The summed E-state index contributed by atoms with van der Waals surface area (Å²) in [5.41, 5.74) is -0.637. The molecule has 1 aromatic rings. The van der Waals surface area contributed by atoms with E-state index in [1.54, 1.807) is 0 Å². The van der Waals surface area contributed by atoms with Gasteiger partial charge in [0.25, 0.3) is 0 Å². The minimum atomic E-state index is -0.880. The van der Waals surface area contributed by atoms with E-state index in [-0.39, 0.29) is 0 Å². The Bertz CT molecular complexity index is 238. The third-order valence-electron chi connectivity index (χ3n) is 1.06.